The summed E-state index contributed by atoms with van der Waals surface area (Å²) in [6, 6.07) is 0. The third kappa shape index (κ3) is 2440. The van der Waals surface area contributed by atoms with Crippen molar-refractivity contribution in [3.63, 3.8) is 0 Å². The normalized spacial score (nSPS) is 10.9. The minimum Gasteiger partial charge on any atom is -0.418 e. The lowest BCUT2D eigenvalue weighted by Crippen LogP contribution is -2.02. The number of hydrogen-bond acceptors (Lipinski definition) is 0. The largest absolute Gasteiger partial charge is 1.00 e. The summed E-state index contributed by atoms with van der Waals surface area (Å²) < 4.78 is 78.0. The Morgan fingerprint density at radius 1 is 0.545 bits per heavy atom. The fourth-order valence-electron chi connectivity index (χ4n) is 0. The van der Waals surface area contributed by atoms with E-state index in [0.717, 1.165) is 0 Å². The van der Waals surface area contributed by atoms with Crippen molar-refractivity contribution in [2.75, 3.05) is 0 Å². The maximum Gasteiger partial charge on any atom is 1.00 e. The average molecular weight is 194 g/mol. The summed E-state index contributed by atoms with van der Waals surface area (Å²) >= 11 is 0. The van der Waals surface area contributed by atoms with Crippen molar-refractivity contribution in [2.24, 2.45) is 0 Å². The van der Waals surface area contributed by atoms with Gasteiger partial charge in [0, 0.05) is 0 Å². The third-order valence-corrected chi connectivity index (χ3v) is 0. The summed E-state index contributed by atoms with van der Waals surface area (Å²) in [4.78, 5) is 0. The van der Waals surface area contributed by atoms with Crippen LogP contribution in [0.1, 0.15) is 2.85 Å². The molecule has 0 heterocycles. The fraction of sp³-hybridized carbons (Fsp3) is 0. The molecule has 0 aromatic rings. The van der Waals surface area contributed by atoms with Crippen molar-refractivity contribution >= 4 is 14.5 Å². The Kier molecular flexibility index (Phi) is 8.00. The monoisotopic (exact) mass is 194 g/mol. The van der Waals surface area contributed by atoms with Crippen LogP contribution in [0.2, 0.25) is 0 Å². The van der Waals surface area contributed by atoms with Crippen LogP contribution in [0.3, 0.4) is 0 Å². The Morgan fingerprint density at radius 2 is 0.545 bits per heavy atom. The van der Waals surface area contributed by atoms with Crippen molar-refractivity contribution in [3.8, 4) is 0 Å². The van der Waals surface area contributed by atoms with Crippen LogP contribution >= 0.6 is 0 Å². The topological polar surface area (TPSA) is 31.5 Å². The van der Waals surface area contributed by atoms with Gasteiger partial charge in [-0.1, -0.05) is 0 Å². The third-order valence-electron chi connectivity index (χ3n) is 0. The van der Waals surface area contributed by atoms with E-state index in [1.807, 2.05) is 0 Å². The zero-order valence-electron chi connectivity index (χ0n) is 6.68. The second-order valence-electron chi connectivity index (χ2n) is 0.990. The Labute approximate surface area is 58.9 Å². The van der Waals surface area contributed by atoms with Crippen LogP contribution in [0, 0.1) is 0 Å². The standard InChI is InChI=1S/2BF4.H2O/c2*2-1(3,4)5;/h;;1H2/q2*-1;/p+2. The van der Waals surface area contributed by atoms with Gasteiger partial charge >= 0.3 is 17.4 Å². The van der Waals surface area contributed by atoms with Gasteiger partial charge in [-0.15, -0.1) is 0 Å². The second-order valence-corrected chi connectivity index (χ2v) is 0.990. The molecule has 0 saturated heterocycles. The molecule has 0 spiro atoms. The smallest absolute Gasteiger partial charge is 0.418 e. The number of rotatable bonds is 0. The second kappa shape index (κ2) is 5.22. The summed E-state index contributed by atoms with van der Waals surface area (Å²) in [7, 11) is -12.0. The maximum absolute atomic E-state index is 9.75. The minimum atomic E-state index is -6.00. The summed E-state index contributed by atoms with van der Waals surface area (Å²) in [5.74, 6) is 0. The highest BCUT2D eigenvalue weighted by Crippen LogP contribution is 2.07. The fourth-order valence-corrected chi connectivity index (χ4v) is 0. The molecule has 0 aromatic carbocycles. The van der Waals surface area contributed by atoms with Gasteiger partial charge in [0.25, 0.3) is 0 Å². The molecule has 0 aliphatic rings. The Balaban J connectivity index is -0.0000000267. The van der Waals surface area contributed by atoms with Gasteiger partial charge in [0.15, 0.2) is 0 Å². The first kappa shape index (κ1) is 16.9. The molecule has 11 heavy (non-hydrogen) atoms. The van der Waals surface area contributed by atoms with Crippen molar-refractivity contribution in [1.82, 2.24) is 0 Å². The molecule has 0 radical (unpaired) electrons. The quantitative estimate of drug-likeness (QED) is 0.416. The Morgan fingerprint density at radius 3 is 0.545 bits per heavy atom. The van der Waals surface area contributed by atoms with Crippen LogP contribution in [0.25, 0.3) is 0 Å². The molecule has 0 aliphatic heterocycles. The molecule has 0 aliphatic carbocycles. The molecule has 1 nitrogen and oxygen atoms in total. The first-order valence-electron chi connectivity index (χ1n) is 1.75. The molecule has 0 fully saturated rings. The molecule has 72 valence electrons. The Hall–Kier alpha value is -0.470. The molecule has 0 rings (SSSR count). The number of hydrogen-bond donors (Lipinski definition) is 0. The van der Waals surface area contributed by atoms with E-state index < -0.39 is 14.5 Å². The lowest BCUT2D eigenvalue weighted by molar-refractivity contribution is 0.366. The van der Waals surface area contributed by atoms with Crippen molar-refractivity contribution in [2.45, 2.75) is 0 Å². The Bertz CT molecular complexity index is 63.1. The lowest BCUT2D eigenvalue weighted by atomic mass is 10.3. The summed E-state index contributed by atoms with van der Waals surface area (Å²) in [5, 5.41) is 0. The zero-order chi connectivity index (χ0) is 9.00. The van der Waals surface area contributed by atoms with Gasteiger partial charge in [0.05, 0.1) is 0 Å². The van der Waals surface area contributed by atoms with Crippen LogP contribution in [-0.4, -0.2) is 20.0 Å². The van der Waals surface area contributed by atoms with Gasteiger partial charge in [-0.2, -0.15) is 0 Å². The molecule has 0 bridgehead atoms. The lowest BCUT2D eigenvalue weighted by Gasteiger charge is -1.94. The summed E-state index contributed by atoms with van der Waals surface area (Å²) in [5.41, 5.74) is 0. The van der Waals surface area contributed by atoms with E-state index in [1.54, 1.807) is 0 Å². The SMILES string of the molecule is F[B-](F)(F)F.F[B-](F)(F)F.O.[H+].[H+]. The van der Waals surface area contributed by atoms with Crippen LogP contribution < -0.4 is 0 Å². The first-order valence-corrected chi connectivity index (χ1v) is 1.75. The summed E-state index contributed by atoms with van der Waals surface area (Å²) in [6.45, 7) is 0. The van der Waals surface area contributed by atoms with Crippen molar-refractivity contribution in [3.05, 3.63) is 0 Å². The predicted molar refractivity (Wildman–Crippen MR) is 26.2 cm³/mol. The summed E-state index contributed by atoms with van der Waals surface area (Å²) in [6.07, 6.45) is 0. The van der Waals surface area contributed by atoms with E-state index in [4.69, 9.17) is 0 Å². The molecule has 2 N–H and O–H groups in total. The molecular formula is H4B2F8O. The van der Waals surface area contributed by atoms with Crippen molar-refractivity contribution < 1.29 is 42.9 Å². The molecule has 0 aromatic heterocycles. The average Bonchev–Trinajstić information content (AvgIpc) is 1.12. The van der Waals surface area contributed by atoms with Gasteiger partial charge in [-0.25, -0.2) is 0 Å². The molecule has 0 atom stereocenters. The number of halogens is 8. The van der Waals surface area contributed by atoms with E-state index in [-0.39, 0.29) is 8.33 Å². The van der Waals surface area contributed by atoms with Crippen molar-refractivity contribution in [1.29, 1.82) is 0 Å². The first-order chi connectivity index (χ1) is 4.00. The van der Waals surface area contributed by atoms with E-state index in [2.05, 4.69) is 0 Å². The van der Waals surface area contributed by atoms with Crippen LogP contribution in [0.15, 0.2) is 0 Å². The van der Waals surface area contributed by atoms with Crippen LogP contribution in [-0.2, 0) is 0 Å². The molecular weight excluding hydrogens is 190 g/mol. The maximum atomic E-state index is 9.75. The van der Waals surface area contributed by atoms with Gasteiger partial charge in [-0.05, 0) is 0 Å². The molecule has 0 unspecified atom stereocenters. The highest BCUT2D eigenvalue weighted by molar-refractivity contribution is 6.50. The highest BCUT2D eigenvalue weighted by atomic mass is 19.5. The zero-order valence-corrected chi connectivity index (χ0v) is 4.68. The van der Waals surface area contributed by atoms with E-state index in [1.165, 1.54) is 0 Å². The van der Waals surface area contributed by atoms with Gasteiger partial charge in [0.1, 0.15) is 0 Å². The molecule has 11 heteroatoms. The van der Waals surface area contributed by atoms with Gasteiger partial charge in [0.2, 0.25) is 0 Å². The van der Waals surface area contributed by atoms with Gasteiger partial charge < -0.3 is 40.0 Å². The van der Waals surface area contributed by atoms with E-state index in [9.17, 15) is 34.5 Å². The predicted octanol–water partition coefficient (Wildman–Crippen LogP) is 2.00. The molecule has 0 amide bonds. The van der Waals surface area contributed by atoms with E-state index in [0.29, 0.717) is 0 Å². The molecule has 0 saturated carbocycles. The van der Waals surface area contributed by atoms with Gasteiger partial charge in [-0.3, -0.25) is 0 Å². The van der Waals surface area contributed by atoms with Crippen LogP contribution in [0.4, 0.5) is 34.5 Å². The van der Waals surface area contributed by atoms with Crippen LogP contribution in [0.5, 0.6) is 0 Å². The highest BCUT2D eigenvalue weighted by Gasteiger charge is 2.21. The van der Waals surface area contributed by atoms with E-state index >= 15 is 0 Å². The minimum absolute atomic E-state index is 0.